The third kappa shape index (κ3) is 4.98. The second-order valence-corrected chi connectivity index (χ2v) is 7.56. The van der Waals surface area contributed by atoms with E-state index in [1.807, 2.05) is 41.4 Å². The van der Waals surface area contributed by atoms with Crippen molar-refractivity contribution in [1.82, 2.24) is 29.6 Å². The van der Waals surface area contributed by atoms with E-state index in [4.69, 9.17) is 5.73 Å². The number of hydrogen-bond acceptors (Lipinski definition) is 5. The number of pyridine rings is 1. The number of aryl methyl sites for hydroxylation is 2. The van der Waals surface area contributed by atoms with E-state index in [-0.39, 0.29) is 5.91 Å². The van der Waals surface area contributed by atoms with Crippen LogP contribution in [0.2, 0.25) is 0 Å². The van der Waals surface area contributed by atoms with Gasteiger partial charge in [0.15, 0.2) is 0 Å². The molecular weight excluding hydrogens is 390 g/mol. The molecule has 0 spiro atoms. The molecule has 0 saturated carbocycles. The maximum Gasteiger partial charge on any atom is 0.271 e. The largest absolute Gasteiger partial charge is 0.384 e. The van der Waals surface area contributed by atoms with Gasteiger partial charge in [0.05, 0.1) is 12.9 Å². The average Bonchev–Trinajstić information content (AvgIpc) is 3.41. The highest BCUT2D eigenvalue weighted by molar-refractivity contribution is 5.92. The normalized spacial score (nSPS) is 10.9. The van der Waals surface area contributed by atoms with E-state index in [2.05, 4.69) is 44.6 Å². The van der Waals surface area contributed by atoms with Crippen molar-refractivity contribution < 1.29 is 4.79 Å². The van der Waals surface area contributed by atoms with Crippen molar-refractivity contribution in [3.05, 3.63) is 95.0 Å². The second-order valence-electron chi connectivity index (χ2n) is 7.56. The number of nitrogens with two attached hydrogens (primary N) is 1. The predicted molar refractivity (Wildman–Crippen MR) is 118 cm³/mol. The fourth-order valence-electron chi connectivity index (χ4n) is 3.52. The van der Waals surface area contributed by atoms with Gasteiger partial charge in [0.1, 0.15) is 11.5 Å². The molecule has 3 heterocycles. The zero-order valence-electron chi connectivity index (χ0n) is 17.6. The van der Waals surface area contributed by atoms with Gasteiger partial charge in [-0.2, -0.15) is 5.10 Å². The standard InChI is InChI=1S/C23H25N7O/c1-16-10-22(24)28-17(2)20(16)11-25-23(31)21-14-29(15-26-21)12-18-4-6-19(7-5-18)13-30-9-3-8-27-30/h3-10,14-15H,11-13H2,1-2H3,(H2,24,28)(H,25,31). The number of rotatable bonds is 7. The lowest BCUT2D eigenvalue weighted by Crippen LogP contribution is -2.24. The number of hydrogen-bond donors (Lipinski definition) is 2. The second kappa shape index (κ2) is 8.83. The molecule has 1 amide bonds. The van der Waals surface area contributed by atoms with Gasteiger partial charge < -0.3 is 15.6 Å². The summed E-state index contributed by atoms with van der Waals surface area (Å²) in [4.78, 5) is 21.0. The minimum Gasteiger partial charge on any atom is -0.384 e. The van der Waals surface area contributed by atoms with Gasteiger partial charge in [-0.1, -0.05) is 24.3 Å². The number of carbonyl (C=O) groups is 1. The van der Waals surface area contributed by atoms with Crippen molar-refractivity contribution in [3.8, 4) is 0 Å². The molecule has 0 saturated heterocycles. The van der Waals surface area contributed by atoms with E-state index < -0.39 is 0 Å². The molecule has 0 aliphatic carbocycles. The highest BCUT2D eigenvalue weighted by atomic mass is 16.1. The monoisotopic (exact) mass is 415 g/mol. The molecular formula is C23H25N7O. The molecule has 8 nitrogen and oxygen atoms in total. The van der Waals surface area contributed by atoms with E-state index >= 15 is 0 Å². The lowest BCUT2D eigenvalue weighted by molar-refractivity contribution is 0.0946. The Labute approximate surface area is 180 Å². The highest BCUT2D eigenvalue weighted by Gasteiger charge is 2.12. The predicted octanol–water partition coefficient (Wildman–Crippen LogP) is 2.70. The van der Waals surface area contributed by atoms with Crippen molar-refractivity contribution in [2.24, 2.45) is 0 Å². The summed E-state index contributed by atoms with van der Waals surface area (Å²) in [5.41, 5.74) is 11.3. The van der Waals surface area contributed by atoms with Crippen LogP contribution in [0.15, 0.2) is 61.3 Å². The summed E-state index contributed by atoms with van der Waals surface area (Å²) in [7, 11) is 0. The molecule has 0 aliphatic heterocycles. The van der Waals surface area contributed by atoms with E-state index in [1.165, 1.54) is 5.56 Å². The number of nitrogen functional groups attached to an aromatic ring is 1. The van der Waals surface area contributed by atoms with E-state index in [1.54, 1.807) is 18.7 Å². The first kappa shape index (κ1) is 20.3. The van der Waals surface area contributed by atoms with Crippen molar-refractivity contribution in [1.29, 1.82) is 0 Å². The van der Waals surface area contributed by atoms with Crippen LogP contribution in [-0.4, -0.2) is 30.2 Å². The fraction of sp³-hybridized carbons (Fsp3) is 0.217. The van der Waals surface area contributed by atoms with Crippen molar-refractivity contribution in [2.45, 2.75) is 33.5 Å². The Morgan fingerprint density at radius 1 is 1.13 bits per heavy atom. The quantitative estimate of drug-likeness (QED) is 0.483. The summed E-state index contributed by atoms with van der Waals surface area (Å²) < 4.78 is 3.79. The molecule has 8 heteroatoms. The van der Waals surface area contributed by atoms with Crippen LogP contribution in [0.25, 0.3) is 0 Å². The number of imidazole rings is 1. The van der Waals surface area contributed by atoms with Crippen LogP contribution in [0.3, 0.4) is 0 Å². The van der Waals surface area contributed by atoms with E-state index in [0.717, 1.165) is 28.9 Å². The van der Waals surface area contributed by atoms with Crippen molar-refractivity contribution >= 4 is 11.7 Å². The van der Waals surface area contributed by atoms with Gasteiger partial charge in [-0.3, -0.25) is 9.48 Å². The summed E-state index contributed by atoms with van der Waals surface area (Å²) in [5.74, 6) is 0.266. The molecule has 0 fully saturated rings. The first-order chi connectivity index (χ1) is 15.0. The summed E-state index contributed by atoms with van der Waals surface area (Å²) in [6.07, 6.45) is 7.15. The topological polar surface area (TPSA) is 104 Å². The van der Waals surface area contributed by atoms with Gasteiger partial charge in [-0.15, -0.1) is 0 Å². The molecule has 31 heavy (non-hydrogen) atoms. The van der Waals surface area contributed by atoms with Crippen LogP contribution in [0.5, 0.6) is 0 Å². The maximum absolute atomic E-state index is 12.5. The lowest BCUT2D eigenvalue weighted by atomic mass is 10.1. The molecule has 0 unspecified atom stereocenters. The van der Waals surface area contributed by atoms with Gasteiger partial charge in [0.25, 0.3) is 5.91 Å². The zero-order chi connectivity index (χ0) is 21.8. The van der Waals surface area contributed by atoms with Crippen LogP contribution in [0.4, 0.5) is 5.82 Å². The summed E-state index contributed by atoms with van der Waals surface area (Å²) >= 11 is 0. The minimum absolute atomic E-state index is 0.219. The molecule has 4 aromatic rings. The van der Waals surface area contributed by atoms with Crippen molar-refractivity contribution in [2.75, 3.05) is 5.73 Å². The molecule has 3 aromatic heterocycles. The Morgan fingerprint density at radius 2 is 1.87 bits per heavy atom. The van der Waals surface area contributed by atoms with Crippen LogP contribution in [0, 0.1) is 13.8 Å². The SMILES string of the molecule is Cc1cc(N)nc(C)c1CNC(=O)c1cn(Cc2ccc(Cn3cccn3)cc2)cn1. The number of amides is 1. The van der Waals surface area contributed by atoms with Gasteiger partial charge in [-0.25, -0.2) is 9.97 Å². The summed E-state index contributed by atoms with van der Waals surface area (Å²) in [5, 5.41) is 7.14. The molecule has 0 radical (unpaired) electrons. The first-order valence-corrected chi connectivity index (χ1v) is 10.1. The summed E-state index contributed by atoms with van der Waals surface area (Å²) in [6.45, 7) is 5.61. The van der Waals surface area contributed by atoms with Crippen LogP contribution >= 0.6 is 0 Å². The van der Waals surface area contributed by atoms with Gasteiger partial charge in [-0.05, 0) is 48.2 Å². The maximum atomic E-state index is 12.5. The lowest BCUT2D eigenvalue weighted by Gasteiger charge is -2.10. The first-order valence-electron chi connectivity index (χ1n) is 10.1. The Balaban J connectivity index is 1.35. The Morgan fingerprint density at radius 3 is 2.55 bits per heavy atom. The highest BCUT2D eigenvalue weighted by Crippen LogP contribution is 2.14. The molecule has 0 aliphatic rings. The third-order valence-corrected chi connectivity index (χ3v) is 5.16. The molecule has 1 aromatic carbocycles. The third-order valence-electron chi connectivity index (χ3n) is 5.16. The Kier molecular flexibility index (Phi) is 5.79. The number of aromatic nitrogens is 5. The van der Waals surface area contributed by atoms with Crippen LogP contribution < -0.4 is 11.1 Å². The van der Waals surface area contributed by atoms with Crippen molar-refractivity contribution in [3.63, 3.8) is 0 Å². The molecule has 4 rings (SSSR count). The fourth-order valence-corrected chi connectivity index (χ4v) is 3.52. The van der Waals surface area contributed by atoms with Crippen LogP contribution in [-0.2, 0) is 19.6 Å². The molecule has 158 valence electrons. The number of nitrogens with zero attached hydrogens (tertiary/aromatic N) is 5. The average molecular weight is 416 g/mol. The Hall–Kier alpha value is -3.94. The number of benzene rings is 1. The number of nitrogens with one attached hydrogen (secondary N) is 1. The van der Waals surface area contributed by atoms with Gasteiger partial charge >= 0.3 is 0 Å². The van der Waals surface area contributed by atoms with Crippen LogP contribution in [0.1, 0.15) is 38.4 Å². The van der Waals surface area contributed by atoms with E-state index in [9.17, 15) is 4.79 Å². The molecule has 3 N–H and O–H groups in total. The summed E-state index contributed by atoms with van der Waals surface area (Å²) in [6, 6.07) is 12.1. The smallest absolute Gasteiger partial charge is 0.271 e. The number of anilines is 1. The molecule has 0 atom stereocenters. The minimum atomic E-state index is -0.219. The Bertz CT molecular complexity index is 1150. The van der Waals surface area contributed by atoms with Gasteiger partial charge in [0.2, 0.25) is 0 Å². The zero-order valence-corrected chi connectivity index (χ0v) is 17.6. The van der Waals surface area contributed by atoms with E-state index in [0.29, 0.717) is 24.6 Å². The number of carbonyl (C=O) groups excluding carboxylic acids is 1. The molecule has 0 bridgehead atoms. The van der Waals surface area contributed by atoms with Gasteiger partial charge in [0, 0.05) is 37.4 Å².